The largest absolute Gasteiger partial charge is 0.458 e. The topological polar surface area (TPSA) is 35.9 Å². The molecule has 416 valence electrons. The van der Waals surface area contributed by atoms with E-state index >= 15 is 0 Å². The zero-order valence-corrected chi connectivity index (χ0v) is 46.2. The minimum Gasteiger partial charge on any atom is -0.458 e. The van der Waals surface area contributed by atoms with E-state index in [1.165, 1.54) is 47.0 Å². The normalized spacial score (nSPS) is 22.8. The predicted molar refractivity (Wildman–Crippen MR) is 356 cm³/mol. The van der Waals surface area contributed by atoms with E-state index in [2.05, 4.69) is 27.1 Å². The molecule has 0 bridgehead atoms. The van der Waals surface area contributed by atoms with Crippen molar-refractivity contribution in [1.82, 2.24) is 14.1 Å². The van der Waals surface area contributed by atoms with Crippen molar-refractivity contribution >= 4 is 61.7 Å². The van der Waals surface area contributed by atoms with Crippen LogP contribution in [0.25, 0.3) is 72.3 Å². The van der Waals surface area contributed by atoms with Crippen LogP contribution in [0.2, 0.25) is 0 Å². The van der Waals surface area contributed by atoms with E-state index in [4.69, 9.17) is 22.1 Å². The van der Waals surface area contributed by atoms with Crippen molar-refractivity contribution in [3.05, 3.63) is 283 Å². The Morgan fingerprint density at radius 3 is 1.88 bits per heavy atom. The number of benzene rings is 10. The van der Waals surface area contributed by atoms with Crippen LogP contribution in [0.1, 0.15) is 139 Å². The molecule has 0 amide bonds. The molecule has 0 unspecified atom stereocenters. The monoisotopic (exact) mass is 1160 g/mol. The van der Waals surface area contributed by atoms with Gasteiger partial charge in [0.15, 0.2) is 8.07 Å². The summed E-state index contributed by atoms with van der Waals surface area (Å²) in [5.74, 6) is 0.925. The molecule has 1 aliphatic carbocycles. The third-order valence-electron chi connectivity index (χ3n) is 14.9. The van der Waals surface area contributed by atoms with Crippen molar-refractivity contribution in [3.8, 4) is 50.9 Å². The molecule has 5 nitrogen and oxygen atoms in total. The van der Waals surface area contributed by atoms with Crippen molar-refractivity contribution in [2.75, 3.05) is 0 Å². The van der Waals surface area contributed by atoms with Crippen molar-refractivity contribution < 1.29 is 65.5 Å². The van der Waals surface area contributed by atoms with Crippen LogP contribution < -0.4 is 30.1 Å². The molecule has 0 aliphatic heterocycles. The van der Waals surface area contributed by atoms with Crippen molar-refractivity contribution in [2.24, 2.45) is 0 Å². The lowest BCUT2D eigenvalue weighted by atomic mass is 9.63. The fraction of sp³-hybridized carbons (Fsp3) is 0.165. The SMILES string of the molecule is [2H]c1c([2H])c([2H])c([Si](c2c([2H])c([2H])c([2H])c([2H])c2[2H])(c2c([2H])c([2H])c([2H])c([2H])c2[2H])c2c([2H])c([2H])c([2H])c(-c3cc(C([2H])([2H])[2H])cc(-c4c([2H])c([2H])c5c(c4[2H])C(C([2H])([2H])[2H])(C([2H])([2H])[2H])C([2H])([2H])C([2H])([2H])C5(C([2H])([2H])[2H])C([2H])([2H])[2H])c3-[n+]3[c-]n(-c4cccc(Oc5ccc6c7ccccc7n(-c7cc(C(C)(C)C)ccn7)c6c5)c4)c4ccccc43)c2[2H])c([2H])c1[2H]. The second-order valence-electron chi connectivity index (χ2n) is 21.2. The molecule has 0 spiro atoms. The van der Waals surface area contributed by atoms with Crippen LogP contribution in [-0.4, -0.2) is 22.2 Å². The first-order valence-corrected chi connectivity index (χ1v) is 28.5. The first kappa shape index (κ1) is 25.1. The molecular weight excluding hydrogens is 1050 g/mol. The first-order valence-electron chi connectivity index (χ1n) is 47.0. The van der Waals surface area contributed by atoms with Gasteiger partial charge in [-0.05, 0) is 144 Å². The van der Waals surface area contributed by atoms with E-state index in [0.29, 0.717) is 23.5 Å². The third kappa shape index (κ3) is 9.31. The molecule has 3 heterocycles. The quantitative estimate of drug-likeness (QED) is 0.0560. The highest BCUT2D eigenvalue weighted by Gasteiger charge is 2.42. The Kier molecular flexibility index (Phi) is 6.12. The number of ether oxygens (including phenoxy) is 1. The first-order chi connectivity index (χ1) is 58.1. The van der Waals surface area contributed by atoms with E-state index in [1.54, 1.807) is 24.4 Å². The van der Waals surface area contributed by atoms with Gasteiger partial charge in [-0.25, -0.2) is 4.98 Å². The summed E-state index contributed by atoms with van der Waals surface area (Å²) in [4.78, 5) is 4.79. The lowest BCUT2D eigenvalue weighted by Crippen LogP contribution is -2.74. The third-order valence-corrected chi connectivity index (χ3v) is 18.9. The second-order valence-corrected chi connectivity index (χ2v) is 24.7. The molecule has 10 aromatic carbocycles. The van der Waals surface area contributed by atoms with Crippen LogP contribution in [0.5, 0.6) is 11.5 Å². The highest BCUT2D eigenvalue weighted by molar-refractivity contribution is 7.19. The number of imidazole rings is 1. The average Bonchev–Trinajstić information content (AvgIpc) is 0.707. The predicted octanol–water partition coefficient (Wildman–Crippen LogP) is 16.7. The molecule has 0 saturated carbocycles. The minimum atomic E-state index is -6.86. The maximum absolute atomic E-state index is 11.1. The van der Waals surface area contributed by atoms with Crippen LogP contribution in [0.15, 0.2) is 254 Å². The van der Waals surface area contributed by atoms with E-state index in [1.807, 2.05) is 47.0 Å². The Morgan fingerprint density at radius 1 is 0.576 bits per heavy atom. The fourth-order valence-electron chi connectivity index (χ4n) is 10.9. The number of pyridine rings is 1. The van der Waals surface area contributed by atoms with Gasteiger partial charge < -0.3 is 4.74 Å². The standard InChI is InChI=1S/C79H70N4OSi/c1-54-46-67(55-24-22-33-64(48-55)85(61-27-12-9-13-28-61,62-29-14-10-15-30-62)63-31-16-11-17-32-63)76(68(47-54)56-38-41-69-70(49-56)79(7,8)44-43-78(69,5)6)82-53-81(72-36-20-21-37-73(72)82)58-25-23-26-59(51-58)84-60-39-40-66-65-34-18-19-35-71(65)83(74(66)52-60)75-50-57(42-45-80-75)77(2,3)4/h9-42,45-52H,43-44H2,1-8H3/i1D3,5D3,6D3,7D3,8D3,9D,10D,11D,12D,13D,14D,15D,16D,17D,22D,24D,27D,28D,29D,30D,31D,32D,33D,38D,41D,43D2,44D2,48D,49D. The lowest BCUT2D eigenvalue weighted by Gasteiger charge is -2.42. The lowest BCUT2D eigenvalue weighted by molar-refractivity contribution is -0.571. The molecule has 6 heteroatoms. The van der Waals surface area contributed by atoms with Gasteiger partial charge in [0.1, 0.15) is 17.3 Å². The Morgan fingerprint density at radius 2 is 1.20 bits per heavy atom. The molecule has 0 fully saturated rings. The van der Waals surface area contributed by atoms with Gasteiger partial charge >= 0.3 is 0 Å². The summed E-state index contributed by atoms with van der Waals surface area (Å²) in [5, 5.41) is -3.74. The minimum absolute atomic E-state index is 0.0128. The number of rotatable bonds is 11. The number of hydrogen-bond acceptors (Lipinski definition) is 2. The summed E-state index contributed by atoms with van der Waals surface area (Å²) in [6, 6.07) is -2.23. The van der Waals surface area contributed by atoms with Crippen LogP contribution in [0.3, 0.4) is 0 Å². The number of aryl methyl sites for hydroxylation is 1. The number of fused-ring (bicyclic) bond motifs is 5. The second kappa shape index (κ2) is 20.8. The Hall–Kier alpha value is -9.36. The summed E-state index contributed by atoms with van der Waals surface area (Å²) in [5.41, 5.74) is -18.8. The van der Waals surface area contributed by atoms with Gasteiger partial charge in [-0.2, -0.15) is 0 Å². The number of para-hydroxylation sites is 3. The summed E-state index contributed by atoms with van der Waals surface area (Å²) in [7, 11) is -6.86. The van der Waals surface area contributed by atoms with E-state index in [-0.39, 0.29) is 33.6 Å². The van der Waals surface area contributed by atoms with Crippen LogP contribution in [0, 0.1) is 13.2 Å². The zero-order valence-electron chi connectivity index (χ0n) is 86.2. The number of nitrogens with zero attached hydrogens (tertiary/aromatic N) is 4. The Labute approximate surface area is 558 Å². The molecule has 3 aromatic heterocycles. The highest BCUT2D eigenvalue weighted by atomic mass is 28.3. The molecule has 0 atom stereocenters. The summed E-state index contributed by atoms with van der Waals surface area (Å²) in [6.45, 7) is -16.1. The molecule has 1 aliphatic rings. The van der Waals surface area contributed by atoms with Crippen LogP contribution >= 0.6 is 0 Å². The summed E-state index contributed by atoms with van der Waals surface area (Å²) >= 11 is 0. The van der Waals surface area contributed by atoms with Crippen LogP contribution in [-0.2, 0) is 16.2 Å². The summed E-state index contributed by atoms with van der Waals surface area (Å²) < 4.78 is 401. The molecular formula is C79H70N4OSi. The Bertz CT molecular complexity index is 6560. The van der Waals surface area contributed by atoms with Crippen molar-refractivity contribution in [1.29, 1.82) is 0 Å². The van der Waals surface area contributed by atoms with Crippen LogP contribution in [0.4, 0.5) is 0 Å². The van der Waals surface area contributed by atoms with Gasteiger partial charge in [0.05, 0.1) is 63.6 Å². The summed E-state index contributed by atoms with van der Waals surface area (Å²) in [6.07, 6.45) is -5.01. The number of hydrogen-bond donors (Lipinski definition) is 0. The van der Waals surface area contributed by atoms with E-state index in [9.17, 15) is 43.9 Å². The average molecular weight is 1160 g/mol. The fourth-order valence-corrected chi connectivity index (χ4v) is 14.5. The van der Waals surface area contributed by atoms with E-state index < -0.39 is 264 Å². The van der Waals surface area contributed by atoms with Gasteiger partial charge in [-0.3, -0.25) is 13.7 Å². The molecule has 14 rings (SSSR count). The van der Waals surface area contributed by atoms with Gasteiger partial charge in [0, 0.05) is 49.1 Å². The highest BCUT2D eigenvalue weighted by Crippen LogP contribution is 2.48. The number of aromatic nitrogens is 4. The van der Waals surface area contributed by atoms with Gasteiger partial charge in [0.25, 0.3) is 6.33 Å². The van der Waals surface area contributed by atoms with Gasteiger partial charge in [-0.15, -0.1) is 0 Å². The maximum Gasteiger partial charge on any atom is 0.269 e. The van der Waals surface area contributed by atoms with Crippen molar-refractivity contribution in [2.45, 2.75) is 84.0 Å². The van der Waals surface area contributed by atoms with Gasteiger partial charge in [-0.1, -0.05) is 247 Å². The smallest absolute Gasteiger partial charge is 0.269 e. The van der Waals surface area contributed by atoms with Gasteiger partial charge in [0.2, 0.25) is 0 Å². The molecule has 0 N–H and O–H groups in total. The van der Waals surface area contributed by atoms with E-state index in [0.717, 1.165) is 26.4 Å². The maximum atomic E-state index is 11.1. The Balaban J connectivity index is 1.20. The zero-order chi connectivity index (χ0) is 93.5. The van der Waals surface area contributed by atoms with Crippen molar-refractivity contribution in [3.63, 3.8) is 0 Å². The molecule has 0 radical (unpaired) electrons. The molecule has 0 saturated heterocycles. The molecule has 85 heavy (non-hydrogen) atoms. The molecule has 13 aromatic rings.